The largest absolute Gasteiger partial charge is 0.344 e. The number of carbonyl (C=O) groups is 2. The molecule has 1 saturated carbocycles. The van der Waals surface area contributed by atoms with Crippen molar-refractivity contribution in [2.75, 3.05) is 7.05 Å². The molecular weight excluding hydrogens is 272 g/mol. The lowest BCUT2D eigenvalue weighted by Crippen LogP contribution is -2.46. The predicted octanol–water partition coefficient (Wildman–Crippen LogP) is 2.40. The fourth-order valence-corrected chi connectivity index (χ4v) is 3.31. The maximum atomic E-state index is 12.2. The van der Waals surface area contributed by atoms with E-state index in [2.05, 4.69) is 5.32 Å². The minimum Gasteiger partial charge on any atom is -0.344 e. The summed E-state index contributed by atoms with van der Waals surface area (Å²) in [6, 6.07) is 1.56. The van der Waals surface area contributed by atoms with Crippen molar-refractivity contribution in [2.45, 2.75) is 45.2 Å². The molecule has 2 amide bonds. The van der Waals surface area contributed by atoms with Crippen LogP contribution in [-0.2, 0) is 16.1 Å². The summed E-state index contributed by atoms with van der Waals surface area (Å²) in [5.41, 5.74) is 1.13. The zero-order valence-corrected chi connectivity index (χ0v) is 12.9. The number of amides is 2. The van der Waals surface area contributed by atoms with Crippen molar-refractivity contribution in [1.29, 1.82) is 0 Å². The number of likely N-dealkylation sites (N-methyl/N-ethyl adjacent to an activating group) is 1. The molecular formula is C15H22N2O2S. The number of thiophene rings is 1. The highest BCUT2D eigenvalue weighted by molar-refractivity contribution is 7.07. The Balaban J connectivity index is 1.82. The van der Waals surface area contributed by atoms with E-state index in [0.717, 1.165) is 31.2 Å². The van der Waals surface area contributed by atoms with E-state index in [1.165, 1.54) is 0 Å². The molecule has 0 aliphatic heterocycles. The van der Waals surface area contributed by atoms with Gasteiger partial charge in [-0.05, 0) is 42.2 Å². The molecule has 2 rings (SSSR count). The number of carbonyl (C=O) groups excluding carboxylic acids is 2. The predicted molar refractivity (Wildman–Crippen MR) is 80.4 cm³/mol. The molecule has 0 unspecified atom stereocenters. The van der Waals surface area contributed by atoms with Crippen LogP contribution in [0.15, 0.2) is 16.8 Å². The van der Waals surface area contributed by atoms with Crippen LogP contribution in [0, 0.1) is 5.92 Å². The SMILES string of the molecule is C[C@H](NC(=O)C1CCCC1)C(=O)N(C)Cc1ccsc1. The highest BCUT2D eigenvalue weighted by Gasteiger charge is 2.26. The topological polar surface area (TPSA) is 49.4 Å². The number of nitrogens with zero attached hydrogens (tertiary/aromatic N) is 1. The maximum absolute atomic E-state index is 12.2. The minimum atomic E-state index is -0.452. The van der Waals surface area contributed by atoms with Crippen LogP contribution in [-0.4, -0.2) is 29.8 Å². The van der Waals surface area contributed by atoms with Crippen LogP contribution in [0.25, 0.3) is 0 Å². The Morgan fingerprint density at radius 1 is 1.45 bits per heavy atom. The van der Waals surface area contributed by atoms with Gasteiger partial charge in [-0.3, -0.25) is 9.59 Å². The van der Waals surface area contributed by atoms with E-state index in [4.69, 9.17) is 0 Å². The summed E-state index contributed by atoms with van der Waals surface area (Å²) in [7, 11) is 1.78. The Bertz CT molecular complexity index is 452. The second-order valence-electron chi connectivity index (χ2n) is 5.54. The average Bonchev–Trinajstić information content (AvgIpc) is 3.10. The van der Waals surface area contributed by atoms with Crippen LogP contribution < -0.4 is 5.32 Å². The van der Waals surface area contributed by atoms with Crippen molar-refractivity contribution in [3.05, 3.63) is 22.4 Å². The van der Waals surface area contributed by atoms with Crippen LogP contribution >= 0.6 is 11.3 Å². The maximum Gasteiger partial charge on any atom is 0.244 e. The van der Waals surface area contributed by atoms with Gasteiger partial charge < -0.3 is 10.2 Å². The monoisotopic (exact) mass is 294 g/mol. The van der Waals surface area contributed by atoms with Crippen LogP contribution in [0.3, 0.4) is 0 Å². The molecule has 1 aliphatic rings. The van der Waals surface area contributed by atoms with E-state index in [-0.39, 0.29) is 17.7 Å². The van der Waals surface area contributed by atoms with Crippen molar-refractivity contribution < 1.29 is 9.59 Å². The third-order valence-electron chi connectivity index (χ3n) is 3.83. The van der Waals surface area contributed by atoms with Gasteiger partial charge in [-0.25, -0.2) is 0 Å². The second kappa shape index (κ2) is 6.88. The molecule has 0 saturated heterocycles. The van der Waals surface area contributed by atoms with Gasteiger partial charge in [0.1, 0.15) is 6.04 Å². The molecule has 1 aromatic rings. The van der Waals surface area contributed by atoms with E-state index in [0.29, 0.717) is 6.54 Å². The standard InChI is InChI=1S/C15H22N2O2S/c1-11(16-14(18)13-5-3-4-6-13)15(19)17(2)9-12-7-8-20-10-12/h7-8,10-11,13H,3-6,9H2,1-2H3,(H,16,18)/t11-/m0/s1. The molecule has 0 aromatic carbocycles. The fraction of sp³-hybridized carbons (Fsp3) is 0.600. The Hall–Kier alpha value is -1.36. The van der Waals surface area contributed by atoms with Crippen LogP contribution in [0.4, 0.5) is 0 Å². The number of hydrogen-bond donors (Lipinski definition) is 1. The van der Waals surface area contributed by atoms with Gasteiger partial charge in [0, 0.05) is 19.5 Å². The number of hydrogen-bond acceptors (Lipinski definition) is 3. The van der Waals surface area contributed by atoms with E-state index >= 15 is 0 Å². The van der Waals surface area contributed by atoms with Crippen molar-refractivity contribution in [3.8, 4) is 0 Å². The van der Waals surface area contributed by atoms with Gasteiger partial charge in [-0.2, -0.15) is 11.3 Å². The zero-order chi connectivity index (χ0) is 14.5. The first-order chi connectivity index (χ1) is 9.58. The molecule has 1 atom stereocenters. The normalized spacial score (nSPS) is 16.9. The van der Waals surface area contributed by atoms with Gasteiger partial charge >= 0.3 is 0 Å². The van der Waals surface area contributed by atoms with Crippen molar-refractivity contribution in [2.24, 2.45) is 5.92 Å². The van der Waals surface area contributed by atoms with Gasteiger partial charge in [0.2, 0.25) is 11.8 Å². The number of nitrogens with one attached hydrogen (secondary N) is 1. The van der Waals surface area contributed by atoms with Gasteiger partial charge in [0.05, 0.1) is 0 Å². The third-order valence-corrected chi connectivity index (χ3v) is 4.56. The second-order valence-corrected chi connectivity index (χ2v) is 6.32. The quantitative estimate of drug-likeness (QED) is 0.906. The molecule has 0 spiro atoms. The Morgan fingerprint density at radius 3 is 2.75 bits per heavy atom. The van der Waals surface area contributed by atoms with E-state index in [1.807, 2.05) is 16.8 Å². The molecule has 1 aromatic heterocycles. The molecule has 1 aliphatic carbocycles. The summed E-state index contributed by atoms with van der Waals surface area (Å²) < 4.78 is 0. The summed E-state index contributed by atoms with van der Waals surface area (Å²) in [5, 5.41) is 6.89. The van der Waals surface area contributed by atoms with Crippen LogP contribution in [0.1, 0.15) is 38.2 Å². The Morgan fingerprint density at radius 2 is 2.15 bits per heavy atom. The average molecular weight is 294 g/mol. The third kappa shape index (κ3) is 3.82. The molecule has 1 N–H and O–H groups in total. The van der Waals surface area contributed by atoms with Gasteiger partial charge in [0.15, 0.2) is 0 Å². The molecule has 1 heterocycles. The lowest BCUT2D eigenvalue weighted by Gasteiger charge is -2.23. The molecule has 0 bridgehead atoms. The van der Waals surface area contributed by atoms with Crippen molar-refractivity contribution in [3.63, 3.8) is 0 Å². The van der Waals surface area contributed by atoms with E-state index in [9.17, 15) is 9.59 Å². The summed E-state index contributed by atoms with van der Waals surface area (Å²) in [4.78, 5) is 25.9. The summed E-state index contributed by atoms with van der Waals surface area (Å²) in [6.45, 7) is 2.35. The first-order valence-electron chi connectivity index (χ1n) is 7.14. The molecule has 0 radical (unpaired) electrons. The first kappa shape index (κ1) is 15.0. The van der Waals surface area contributed by atoms with Gasteiger partial charge in [0.25, 0.3) is 0 Å². The van der Waals surface area contributed by atoms with Crippen molar-refractivity contribution >= 4 is 23.2 Å². The molecule has 110 valence electrons. The Kier molecular flexibility index (Phi) is 5.17. The molecule has 4 nitrogen and oxygen atoms in total. The lowest BCUT2D eigenvalue weighted by molar-refractivity contribution is -0.136. The number of rotatable bonds is 5. The molecule has 5 heteroatoms. The highest BCUT2D eigenvalue weighted by Crippen LogP contribution is 2.24. The summed E-state index contributed by atoms with van der Waals surface area (Å²) >= 11 is 1.62. The summed E-state index contributed by atoms with van der Waals surface area (Å²) in [6.07, 6.45) is 4.16. The zero-order valence-electron chi connectivity index (χ0n) is 12.1. The molecule has 1 fully saturated rings. The van der Waals surface area contributed by atoms with E-state index < -0.39 is 6.04 Å². The van der Waals surface area contributed by atoms with Gasteiger partial charge in [-0.15, -0.1) is 0 Å². The van der Waals surface area contributed by atoms with E-state index in [1.54, 1.807) is 30.2 Å². The lowest BCUT2D eigenvalue weighted by atomic mass is 10.1. The Labute approximate surface area is 124 Å². The van der Waals surface area contributed by atoms with Crippen LogP contribution in [0.2, 0.25) is 0 Å². The highest BCUT2D eigenvalue weighted by atomic mass is 32.1. The smallest absolute Gasteiger partial charge is 0.244 e. The minimum absolute atomic E-state index is 0.0345. The van der Waals surface area contributed by atoms with Crippen LogP contribution in [0.5, 0.6) is 0 Å². The molecule has 20 heavy (non-hydrogen) atoms. The van der Waals surface area contributed by atoms with Crippen molar-refractivity contribution in [1.82, 2.24) is 10.2 Å². The summed E-state index contributed by atoms with van der Waals surface area (Å²) in [5.74, 6) is 0.0993. The van der Waals surface area contributed by atoms with Gasteiger partial charge in [-0.1, -0.05) is 12.8 Å². The fourth-order valence-electron chi connectivity index (χ4n) is 2.65. The first-order valence-corrected chi connectivity index (χ1v) is 8.08.